The van der Waals surface area contributed by atoms with Gasteiger partial charge in [0, 0.05) is 20.0 Å². The van der Waals surface area contributed by atoms with Gasteiger partial charge in [-0.3, -0.25) is 4.79 Å². The molecule has 1 aliphatic rings. The fourth-order valence-electron chi connectivity index (χ4n) is 2.67. The summed E-state index contributed by atoms with van der Waals surface area (Å²) < 4.78 is 4.70. The SMILES string of the molecule is COC(=O)/C(=C\c1ccc(N)c(N2CCCCC2)c1)NC(C)=O. The van der Waals surface area contributed by atoms with Gasteiger partial charge in [0.2, 0.25) is 5.91 Å². The first-order valence-corrected chi connectivity index (χ1v) is 7.73. The third-order valence-electron chi connectivity index (χ3n) is 3.78. The van der Waals surface area contributed by atoms with E-state index in [-0.39, 0.29) is 11.6 Å². The van der Waals surface area contributed by atoms with Crippen molar-refractivity contribution in [3.8, 4) is 0 Å². The van der Waals surface area contributed by atoms with Crippen LogP contribution in [0.3, 0.4) is 0 Å². The van der Waals surface area contributed by atoms with E-state index >= 15 is 0 Å². The van der Waals surface area contributed by atoms with Crippen LogP contribution in [-0.4, -0.2) is 32.1 Å². The summed E-state index contributed by atoms with van der Waals surface area (Å²) >= 11 is 0. The Balaban J connectivity index is 2.32. The van der Waals surface area contributed by atoms with Crippen LogP contribution in [0.15, 0.2) is 23.9 Å². The molecule has 0 unspecified atom stereocenters. The molecule has 1 amide bonds. The number of methoxy groups -OCH3 is 1. The van der Waals surface area contributed by atoms with Gasteiger partial charge in [0.25, 0.3) is 0 Å². The zero-order chi connectivity index (χ0) is 16.8. The van der Waals surface area contributed by atoms with E-state index in [0.717, 1.165) is 37.2 Å². The maximum absolute atomic E-state index is 11.8. The second kappa shape index (κ2) is 7.67. The Morgan fingerprint density at radius 1 is 1.26 bits per heavy atom. The molecule has 0 bridgehead atoms. The summed E-state index contributed by atoms with van der Waals surface area (Å²) in [6.07, 6.45) is 5.14. The third kappa shape index (κ3) is 4.48. The Morgan fingerprint density at radius 2 is 1.96 bits per heavy atom. The highest BCUT2D eigenvalue weighted by Crippen LogP contribution is 2.28. The molecule has 0 aromatic heterocycles. The smallest absolute Gasteiger partial charge is 0.354 e. The molecule has 1 aliphatic heterocycles. The molecule has 1 fully saturated rings. The van der Waals surface area contributed by atoms with Gasteiger partial charge in [0.1, 0.15) is 5.70 Å². The van der Waals surface area contributed by atoms with Gasteiger partial charge in [-0.25, -0.2) is 4.79 Å². The lowest BCUT2D eigenvalue weighted by Crippen LogP contribution is -2.30. The number of amides is 1. The molecular weight excluding hydrogens is 294 g/mol. The van der Waals surface area contributed by atoms with Crippen molar-refractivity contribution in [2.75, 3.05) is 30.8 Å². The quantitative estimate of drug-likeness (QED) is 0.503. The van der Waals surface area contributed by atoms with E-state index in [2.05, 4.69) is 10.2 Å². The van der Waals surface area contributed by atoms with Crippen LogP contribution >= 0.6 is 0 Å². The van der Waals surface area contributed by atoms with Gasteiger partial charge in [-0.2, -0.15) is 0 Å². The van der Waals surface area contributed by atoms with E-state index in [0.29, 0.717) is 5.69 Å². The van der Waals surface area contributed by atoms with Gasteiger partial charge >= 0.3 is 5.97 Å². The molecule has 1 aromatic carbocycles. The van der Waals surface area contributed by atoms with Crippen molar-refractivity contribution in [2.24, 2.45) is 0 Å². The van der Waals surface area contributed by atoms with Gasteiger partial charge in [-0.05, 0) is 43.0 Å². The standard InChI is InChI=1S/C17H23N3O3/c1-12(21)19-15(17(22)23-2)10-13-6-7-14(18)16(11-13)20-8-4-3-5-9-20/h6-7,10-11H,3-5,8-9,18H2,1-2H3,(H,19,21)/b15-10+. The summed E-state index contributed by atoms with van der Waals surface area (Å²) in [4.78, 5) is 25.3. The fraction of sp³-hybridized carbons (Fsp3) is 0.412. The molecule has 124 valence electrons. The molecule has 3 N–H and O–H groups in total. The van der Waals surface area contributed by atoms with Gasteiger partial charge in [-0.1, -0.05) is 6.07 Å². The summed E-state index contributed by atoms with van der Waals surface area (Å²) in [5, 5.41) is 2.50. The van der Waals surface area contributed by atoms with Crippen molar-refractivity contribution in [2.45, 2.75) is 26.2 Å². The molecule has 1 saturated heterocycles. The number of rotatable bonds is 4. The predicted octanol–water partition coefficient (Wildman–Crippen LogP) is 1.91. The van der Waals surface area contributed by atoms with E-state index in [1.807, 2.05) is 18.2 Å². The number of anilines is 2. The Hall–Kier alpha value is -2.50. The van der Waals surface area contributed by atoms with Crippen LogP contribution in [0.2, 0.25) is 0 Å². The van der Waals surface area contributed by atoms with Crippen molar-refractivity contribution in [1.82, 2.24) is 5.32 Å². The molecule has 0 aliphatic carbocycles. The largest absolute Gasteiger partial charge is 0.464 e. The molecule has 0 radical (unpaired) electrons. The second-order valence-electron chi connectivity index (χ2n) is 5.60. The normalized spacial score (nSPS) is 15.2. The summed E-state index contributed by atoms with van der Waals surface area (Å²) in [6.45, 7) is 3.30. The molecular formula is C17H23N3O3. The van der Waals surface area contributed by atoms with Crippen LogP contribution in [0.25, 0.3) is 6.08 Å². The number of nitrogens with zero attached hydrogens (tertiary/aromatic N) is 1. The molecule has 1 aromatic rings. The van der Waals surface area contributed by atoms with Gasteiger partial charge in [-0.15, -0.1) is 0 Å². The van der Waals surface area contributed by atoms with Crippen LogP contribution < -0.4 is 16.0 Å². The number of hydrogen-bond donors (Lipinski definition) is 2. The zero-order valence-corrected chi connectivity index (χ0v) is 13.6. The number of nitrogens with one attached hydrogen (secondary N) is 1. The lowest BCUT2D eigenvalue weighted by Gasteiger charge is -2.30. The van der Waals surface area contributed by atoms with E-state index in [1.165, 1.54) is 20.5 Å². The van der Waals surface area contributed by atoms with Gasteiger partial charge in [0.05, 0.1) is 18.5 Å². The number of esters is 1. The monoisotopic (exact) mass is 317 g/mol. The number of piperidine rings is 1. The maximum Gasteiger partial charge on any atom is 0.354 e. The summed E-state index contributed by atoms with van der Waals surface area (Å²) in [7, 11) is 1.28. The van der Waals surface area contributed by atoms with Crippen LogP contribution in [-0.2, 0) is 14.3 Å². The molecule has 23 heavy (non-hydrogen) atoms. The van der Waals surface area contributed by atoms with Gasteiger partial charge < -0.3 is 20.7 Å². The minimum absolute atomic E-state index is 0.106. The molecule has 6 heteroatoms. The van der Waals surface area contributed by atoms with E-state index < -0.39 is 5.97 Å². The summed E-state index contributed by atoms with van der Waals surface area (Å²) in [5.74, 6) is -0.912. The highest BCUT2D eigenvalue weighted by Gasteiger charge is 2.15. The van der Waals surface area contributed by atoms with Crippen LogP contribution in [0.4, 0.5) is 11.4 Å². The van der Waals surface area contributed by atoms with Crippen LogP contribution in [0.5, 0.6) is 0 Å². The predicted molar refractivity (Wildman–Crippen MR) is 90.7 cm³/mol. The number of hydrogen-bond acceptors (Lipinski definition) is 5. The Labute approximate surface area is 136 Å². The molecule has 0 spiro atoms. The van der Waals surface area contributed by atoms with Crippen molar-refractivity contribution in [3.05, 3.63) is 29.5 Å². The molecule has 1 heterocycles. The first-order chi connectivity index (χ1) is 11.0. The molecule has 0 saturated carbocycles. The minimum Gasteiger partial charge on any atom is -0.464 e. The average Bonchev–Trinajstić information content (AvgIpc) is 2.55. The van der Waals surface area contributed by atoms with E-state index in [4.69, 9.17) is 10.5 Å². The number of nitrogens with two attached hydrogens (primary N) is 1. The zero-order valence-electron chi connectivity index (χ0n) is 13.6. The van der Waals surface area contributed by atoms with Crippen LogP contribution in [0, 0.1) is 0 Å². The number of benzene rings is 1. The molecule has 2 rings (SSSR count). The lowest BCUT2D eigenvalue weighted by molar-refractivity contribution is -0.137. The van der Waals surface area contributed by atoms with Crippen molar-refractivity contribution < 1.29 is 14.3 Å². The maximum atomic E-state index is 11.8. The second-order valence-corrected chi connectivity index (χ2v) is 5.60. The Bertz CT molecular complexity index is 620. The lowest BCUT2D eigenvalue weighted by atomic mass is 10.1. The first-order valence-electron chi connectivity index (χ1n) is 7.73. The number of carbonyl (C=O) groups is 2. The number of ether oxygens (including phenoxy) is 1. The molecule has 0 atom stereocenters. The van der Waals surface area contributed by atoms with Crippen molar-refractivity contribution >= 4 is 29.3 Å². The van der Waals surface area contributed by atoms with E-state index in [1.54, 1.807) is 6.08 Å². The summed E-state index contributed by atoms with van der Waals surface area (Å²) in [6, 6.07) is 5.57. The van der Waals surface area contributed by atoms with Crippen molar-refractivity contribution in [1.29, 1.82) is 0 Å². The van der Waals surface area contributed by atoms with Crippen LogP contribution in [0.1, 0.15) is 31.7 Å². The topological polar surface area (TPSA) is 84.7 Å². The Kier molecular flexibility index (Phi) is 5.62. The highest BCUT2D eigenvalue weighted by atomic mass is 16.5. The number of nitrogen functional groups attached to an aromatic ring is 1. The van der Waals surface area contributed by atoms with E-state index in [9.17, 15) is 9.59 Å². The number of carbonyl (C=O) groups excluding carboxylic acids is 2. The average molecular weight is 317 g/mol. The highest BCUT2D eigenvalue weighted by molar-refractivity contribution is 5.97. The van der Waals surface area contributed by atoms with Gasteiger partial charge in [0.15, 0.2) is 0 Å². The van der Waals surface area contributed by atoms with Crippen molar-refractivity contribution in [3.63, 3.8) is 0 Å². The Morgan fingerprint density at radius 3 is 2.57 bits per heavy atom. The summed E-state index contributed by atoms with van der Waals surface area (Å²) in [5.41, 5.74) is 8.66. The fourth-order valence-corrected chi connectivity index (χ4v) is 2.67. The minimum atomic E-state index is -0.587. The molecule has 6 nitrogen and oxygen atoms in total. The first kappa shape index (κ1) is 16.9. The third-order valence-corrected chi connectivity index (χ3v) is 3.78.